The molecule has 0 aliphatic rings. The van der Waals surface area contributed by atoms with Crippen LogP contribution >= 0.6 is 0 Å². The van der Waals surface area contributed by atoms with Crippen LogP contribution in [0.4, 0.5) is 0 Å². The molecule has 16 heavy (non-hydrogen) atoms. The van der Waals surface area contributed by atoms with E-state index in [1.165, 1.54) is 6.39 Å². The molecule has 3 rings (SSSR count). The van der Waals surface area contributed by atoms with E-state index in [4.69, 9.17) is 10.2 Å². The lowest BCUT2D eigenvalue weighted by Crippen LogP contribution is -1.98. The second kappa shape index (κ2) is 3.46. The van der Waals surface area contributed by atoms with E-state index in [0.717, 1.165) is 27.9 Å². The van der Waals surface area contributed by atoms with Crippen LogP contribution in [0.5, 0.6) is 0 Å². The van der Waals surface area contributed by atoms with E-state index in [9.17, 15) is 0 Å². The minimum absolute atomic E-state index is 0.434. The first kappa shape index (κ1) is 9.11. The zero-order valence-corrected chi connectivity index (χ0v) is 8.47. The molecule has 0 bridgehead atoms. The van der Waals surface area contributed by atoms with Crippen molar-refractivity contribution in [1.29, 1.82) is 0 Å². The van der Waals surface area contributed by atoms with Gasteiger partial charge in [-0.2, -0.15) is 5.10 Å². The van der Waals surface area contributed by atoms with Crippen LogP contribution in [0, 0.1) is 0 Å². The van der Waals surface area contributed by atoms with Crippen LogP contribution in [-0.4, -0.2) is 15.2 Å². The molecule has 3 N–H and O–H groups in total. The highest BCUT2D eigenvalue weighted by Crippen LogP contribution is 2.25. The highest BCUT2D eigenvalue weighted by molar-refractivity contribution is 5.80. The van der Waals surface area contributed by atoms with Gasteiger partial charge in [0, 0.05) is 12.1 Å². The predicted molar refractivity (Wildman–Crippen MR) is 59.5 cm³/mol. The summed E-state index contributed by atoms with van der Waals surface area (Å²) in [4.78, 5) is 4.07. The Labute approximate surface area is 91.3 Å². The standard InChI is InChI=1S/C11H10N4O/c12-4-10-8(5-14-15-10)7-1-2-9-11(3-7)16-6-13-9/h1-3,5-6H,4,12H2,(H,14,15). The Morgan fingerprint density at radius 2 is 2.31 bits per heavy atom. The van der Waals surface area contributed by atoms with E-state index in [1.54, 1.807) is 6.20 Å². The van der Waals surface area contributed by atoms with Gasteiger partial charge in [-0.1, -0.05) is 6.07 Å². The largest absolute Gasteiger partial charge is 0.443 e. The molecule has 5 nitrogen and oxygen atoms in total. The van der Waals surface area contributed by atoms with Gasteiger partial charge in [-0.15, -0.1) is 0 Å². The Bertz CT molecular complexity index is 625. The van der Waals surface area contributed by atoms with Gasteiger partial charge in [-0.05, 0) is 17.7 Å². The molecule has 0 spiro atoms. The van der Waals surface area contributed by atoms with Crippen molar-refractivity contribution in [3.05, 3.63) is 36.5 Å². The fraction of sp³-hybridized carbons (Fsp3) is 0.0909. The number of H-pyrrole nitrogens is 1. The second-order valence-corrected chi connectivity index (χ2v) is 3.50. The molecule has 0 atom stereocenters. The normalized spacial score (nSPS) is 11.1. The SMILES string of the molecule is NCc1[nH]ncc1-c1ccc2ncoc2c1. The van der Waals surface area contributed by atoms with Gasteiger partial charge >= 0.3 is 0 Å². The van der Waals surface area contributed by atoms with Crippen LogP contribution in [0.2, 0.25) is 0 Å². The van der Waals surface area contributed by atoms with Crippen LogP contribution in [0.15, 0.2) is 35.2 Å². The van der Waals surface area contributed by atoms with E-state index in [2.05, 4.69) is 15.2 Å². The van der Waals surface area contributed by atoms with E-state index in [-0.39, 0.29) is 0 Å². The molecular weight excluding hydrogens is 204 g/mol. The lowest BCUT2D eigenvalue weighted by Gasteiger charge is -2.00. The summed E-state index contributed by atoms with van der Waals surface area (Å²) >= 11 is 0. The summed E-state index contributed by atoms with van der Waals surface area (Å²) in [6.45, 7) is 0.434. The lowest BCUT2D eigenvalue weighted by molar-refractivity contribution is 0.602. The maximum atomic E-state index is 5.62. The highest BCUT2D eigenvalue weighted by atomic mass is 16.3. The molecule has 3 aromatic rings. The zero-order chi connectivity index (χ0) is 11.0. The van der Waals surface area contributed by atoms with Crippen molar-refractivity contribution >= 4 is 11.1 Å². The first-order valence-electron chi connectivity index (χ1n) is 4.94. The average molecular weight is 214 g/mol. The molecule has 2 heterocycles. The fourth-order valence-electron chi connectivity index (χ4n) is 1.74. The van der Waals surface area contributed by atoms with Gasteiger partial charge in [0.15, 0.2) is 12.0 Å². The summed E-state index contributed by atoms with van der Waals surface area (Å²) in [7, 11) is 0. The maximum Gasteiger partial charge on any atom is 0.181 e. The van der Waals surface area contributed by atoms with Crippen molar-refractivity contribution in [3.8, 4) is 11.1 Å². The molecule has 0 amide bonds. The number of hydrogen-bond acceptors (Lipinski definition) is 4. The van der Waals surface area contributed by atoms with Gasteiger partial charge in [-0.3, -0.25) is 5.10 Å². The van der Waals surface area contributed by atoms with E-state index < -0.39 is 0 Å². The fourth-order valence-corrected chi connectivity index (χ4v) is 1.74. The number of hydrogen-bond donors (Lipinski definition) is 2. The van der Waals surface area contributed by atoms with Crippen LogP contribution in [0.3, 0.4) is 0 Å². The van der Waals surface area contributed by atoms with Gasteiger partial charge in [0.05, 0.1) is 11.9 Å². The van der Waals surface area contributed by atoms with Gasteiger partial charge in [0.2, 0.25) is 0 Å². The van der Waals surface area contributed by atoms with Crippen LogP contribution in [0.25, 0.3) is 22.2 Å². The first-order valence-corrected chi connectivity index (χ1v) is 4.94. The predicted octanol–water partition coefficient (Wildman–Crippen LogP) is 1.68. The van der Waals surface area contributed by atoms with Crippen molar-refractivity contribution < 1.29 is 4.42 Å². The molecule has 0 aliphatic heterocycles. The number of rotatable bonds is 2. The number of nitrogens with zero attached hydrogens (tertiary/aromatic N) is 2. The summed E-state index contributed by atoms with van der Waals surface area (Å²) in [5, 5.41) is 6.86. The highest BCUT2D eigenvalue weighted by Gasteiger charge is 2.08. The number of fused-ring (bicyclic) bond motifs is 1. The molecule has 0 aliphatic carbocycles. The Morgan fingerprint density at radius 1 is 1.38 bits per heavy atom. The summed E-state index contributed by atoms with van der Waals surface area (Å²) in [5.74, 6) is 0. The van der Waals surface area contributed by atoms with Crippen molar-refractivity contribution in [2.75, 3.05) is 0 Å². The van der Waals surface area contributed by atoms with Gasteiger partial charge in [0.25, 0.3) is 0 Å². The molecule has 80 valence electrons. The van der Waals surface area contributed by atoms with Crippen molar-refractivity contribution in [3.63, 3.8) is 0 Å². The quantitative estimate of drug-likeness (QED) is 0.680. The third-order valence-corrected chi connectivity index (χ3v) is 2.56. The smallest absolute Gasteiger partial charge is 0.181 e. The number of benzene rings is 1. The molecule has 1 aromatic carbocycles. The molecule has 0 saturated heterocycles. The minimum Gasteiger partial charge on any atom is -0.443 e. The monoisotopic (exact) mass is 214 g/mol. The molecule has 0 fully saturated rings. The molecule has 0 unspecified atom stereocenters. The molecule has 5 heteroatoms. The summed E-state index contributed by atoms with van der Waals surface area (Å²) < 4.78 is 5.26. The summed E-state index contributed by atoms with van der Waals surface area (Å²) in [5.41, 5.74) is 10.2. The van der Waals surface area contributed by atoms with Crippen molar-refractivity contribution in [2.24, 2.45) is 5.73 Å². The average Bonchev–Trinajstić information content (AvgIpc) is 2.96. The Morgan fingerprint density at radius 3 is 3.19 bits per heavy atom. The van der Waals surface area contributed by atoms with E-state index >= 15 is 0 Å². The lowest BCUT2D eigenvalue weighted by atomic mass is 10.1. The second-order valence-electron chi connectivity index (χ2n) is 3.50. The Hall–Kier alpha value is -2.14. The first-order chi connectivity index (χ1) is 7.88. The van der Waals surface area contributed by atoms with Crippen LogP contribution in [-0.2, 0) is 6.54 Å². The minimum atomic E-state index is 0.434. The van der Waals surface area contributed by atoms with Crippen molar-refractivity contribution in [2.45, 2.75) is 6.54 Å². The maximum absolute atomic E-state index is 5.62. The van der Waals surface area contributed by atoms with Gasteiger partial charge in [-0.25, -0.2) is 4.98 Å². The third-order valence-electron chi connectivity index (χ3n) is 2.56. The van der Waals surface area contributed by atoms with Crippen LogP contribution < -0.4 is 5.73 Å². The Balaban J connectivity index is 2.18. The molecular formula is C11H10N4O. The van der Waals surface area contributed by atoms with Gasteiger partial charge < -0.3 is 10.2 Å². The van der Waals surface area contributed by atoms with E-state index in [0.29, 0.717) is 6.54 Å². The van der Waals surface area contributed by atoms with Crippen LogP contribution in [0.1, 0.15) is 5.69 Å². The third kappa shape index (κ3) is 1.30. The van der Waals surface area contributed by atoms with Crippen molar-refractivity contribution in [1.82, 2.24) is 15.2 Å². The number of aromatic amines is 1. The summed E-state index contributed by atoms with van der Waals surface area (Å²) in [6, 6.07) is 5.84. The summed E-state index contributed by atoms with van der Waals surface area (Å²) in [6.07, 6.45) is 3.20. The molecule has 2 aromatic heterocycles. The van der Waals surface area contributed by atoms with Gasteiger partial charge in [0.1, 0.15) is 5.52 Å². The number of aromatic nitrogens is 3. The topological polar surface area (TPSA) is 80.7 Å². The zero-order valence-electron chi connectivity index (χ0n) is 8.47. The Kier molecular flexibility index (Phi) is 1.97. The number of nitrogens with two attached hydrogens (primary N) is 1. The number of nitrogens with one attached hydrogen (secondary N) is 1. The van der Waals surface area contributed by atoms with E-state index in [1.807, 2.05) is 18.2 Å². The molecule has 0 radical (unpaired) electrons. The number of oxazole rings is 1. The molecule has 0 saturated carbocycles.